The standard InChI is InChI=1S/C14H26BrN3/c1-6-12-14(15)13(18(5)17-12)8-10(3)11(4)9-16-7-2/h10-11,16H,6-9H2,1-5H3. The second-order valence-corrected chi connectivity index (χ2v) is 5.94. The van der Waals surface area contributed by atoms with Crippen LogP contribution in [0.2, 0.25) is 0 Å². The van der Waals surface area contributed by atoms with Crippen LogP contribution in [0.25, 0.3) is 0 Å². The summed E-state index contributed by atoms with van der Waals surface area (Å²) in [5.74, 6) is 1.33. The molecular formula is C14H26BrN3. The molecule has 1 rings (SSSR count). The molecule has 0 spiro atoms. The van der Waals surface area contributed by atoms with Crippen molar-refractivity contribution in [3.63, 3.8) is 0 Å². The lowest BCUT2D eigenvalue weighted by Gasteiger charge is -2.20. The third kappa shape index (κ3) is 3.82. The molecule has 1 N–H and O–H groups in total. The van der Waals surface area contributed by atoms with E-state index >= 15 is 0 Å². The Labute approximate surface area is 119 Å². The van der Waals surface area contributed by atoms with Gasteiger partial charge in [-0.1, -0.05) is 27.7 Å². The minimum Gasteiger partial charge on any atom is -0.317 e. The molecule has 4 heteroatoms. The van der Waals surface area contributed by atoms with Gasteiger partial charge in [-0.2, -0.15) is 5.10 Å². The predicted octanol–water partition coefficient (Wildman–Crippen LogP) is 3.17. The first-order valence-electron chi connectivity index (χ1n) is 6.92. The van der Waals surface area contributed by atoms with E-state index in [9.17, 15) is 0 Å². The summed E-state index contributed by atoms with van der Waals surface area (Å²) in [6, 6.07) is 0. The Kier molecular flexibility index (Phi) is 6.36. The van der Waals surface area contributed by atoms with Crippen molar-refractivity contribution < 1.29 is 0 Å². The number of hydrogen-bond acceptors (Lipinski definition) is 2. The fourth-order valence-corrected chi connectivity index (χ4v) is 2.90. The van der Waals surface area contributed by atoms with Gasteiger partial charge in [0.05, 0.1) is 15.9 Å². The van der Waals surface area contributed by atoms with Crippen LogP contribution in [0.5, 0.6) is 0 Å². The lowest BCUT2D eigenvalue weighted by atomic mass is 9.91. The summed E-state index contributed by atoms with van der Waals surface area (Å²) in [4.78, 5) is 0. The summed E-state index contributed by atoms with van der Waals surface area (Å²) in [6.07, 6.45) is 2.06. The van der Waals surface area contributed by atoms with Crippen molar-refractivity contribution >= 4 is 15.9 Å². The molecule has 1 aromatic heterocycles. The molecule has 2 unspecified atom stereocenters. The zero-order valence-electron chi connectivity index (χ0n) is 12.3. The summed E-state index contributed by atoms with van der Waals surface area (Å²) < 4.78 is 3.23. The summed E-state index contributed by atoms with van der Waals surface area (Å²) >= 11 is 3.69. The minimum atomic E-state index is 0.653. The molecule has 0 bridgehead atoms. The van der Waals surface area contributed by atoms with Crippen molar-refractivity contribution in [1.82, 2.24) is 15.1 Å². The highest BCUT2D eigenvalue weighted by Gasteiger charge is 2.18. The minimum absolute atomic E-state index is 0.653. The molecule has 0 fully saturated rings. The Hall–Kier alpha value is -0.350. The molecule has 0 radical (unpaired) electrons. The number of halogens is 1. The van der Waals surface area contributed by atoms with Gasteiger partial charge >= 0.3 is 0 Å². The summed E-state index contributed by atoms with van der Waals surface area (Å²) in [7, 11) is 2.04. The van der Waals surface area contributed by atoms with Crippen LogP contribution in [-0.4, -0.2) is 22.9 Å². The number of hydrogen-bond donors (Lipinski definition) is 1. The second kappa shape index (κ2) is 7.29. The molecular weight excluding hydrogens is 290 g/mol. The van der Waals surface area contributed by atoms with E-state index in [1.165, 1.54) is 15.9 Å². The highest BCUT2D eigenvalue weighted by Crippen LogP contribution is 2.26. The van der Waals surface area contributed by atoms with Gasteiger partial charge in [0.15, 0.2) is 0 Å². The number of rotatable bonds is 7. The number of nitrogens with one attached hydrogen (secondary N) is 1. The monoisotopic (exact) mass is 315 g/mol. The summed E-state index contributed by atoms with van der Waals surface area (Å²) in [5.41, 5.74) is 2.49. The first-order chi connectivity index (χ1) is 8.51. The number of nitrogens with zero attached hydrogens (tertiary/aromatic N) is 2. The maximum Gasteiger partial charge on any atom is 0.0766 e. The Morgan fingerprint density at radius 2 is 1.94 bits per heavy atom. The van der Waals surface area contributed by atoms with Crippen LogP contribution in [0.1, 0.15) is 39.1 Å². The van der Waals surface area contributed by atoms with Gasteiger partial charge in [0.2, 0.25) is 0 Å². The molecule has 0 aliphatic rings. The van der Waals surface area contributed by atoms with Gasteiger partial charge in [-0.05, 0) is 53.7 Å². The molecule has 3 nitrogen and oxygen atoms in total. The maximum absolute atomic E-state index is 4.56. The van der Waals surface area contributed by atoms with Crippen LogP contribution in [0.15, 0.2) is 4.47 Å². The maximum atomic E-state index is 4.56. The summed E-state index contributed by atoms with van der Waals surface area (Å²) in [5, 5.41) is 7.98. The van der Waals surface area contributed by atoms with Crippen LogP contribution in [-0.2, 0) is 19.9 Å². The summed E-state index contributed by atoms with van der Waals surface area (Å²) in [6.45, 7) is 11.1. The van der Waals surface area contributed by atoms with E-state index < -0.39 is 0 Å². The Bertz CT molecular complexity index is 373. The number of aryl methyl sites for hydroxylation is 2. The lowest BCUT2D eigenvalue weighted by molar-refractivity contribution is 0.361. The van der Waals surface area contributed by atoms with Crippen molar-refractivity contribution in [2.24, 2.45) is 18.9 Å². The van der Waals surface area contributed by atoms with Crippen molar-refractivity contribution in [3.8, 4) is 0 Å². The fourth-order valence-electron chi connectivity index (χ4n) is 2.12. The molecule has 2 atom stereocenters. The zero-order valence-corrected chi connectivity index (χ0v) is 13.8. The Morgan fingerprint density at radius 1 is 1.28 bits per heavy atom. The molecule has 0 aliphatic carbocycles. The van der Waals surface area contributed by atoms with Crippen LogP contribution < -0.4 is 5.32 Å². The van der Waals surface area contributed by atoms with Crippen molar-refractivity contribution in [1.29, 1.82) is 0 Å². The molecule has 0 amide bonds. The largest absolute Gasteiger partial charge is 0.317 e. The first-order valence-corrected chi connectivity index (χ1v) is 7.71. The molecule has 0 saturated carbocycles. The van der Waals surface area contributed by atoms with E-state index in [0.717, 1.165) is 25.9 Å². The van der Waals surface area contributed by atoms with Gasteiger partial charge in [0.1, 0.15) is 0 Å². The molecule has 0 aromatic carbocycles. The van der Waals surface area contributed by atoms with Crippen LogP contribution in [0.4, 0.5) is 0 Å². The van der Waals surface area contributed by atoms with Gasteiger partial charge < -0.3 is 5.32 Å². The van der Waals surface area contributed by atoms with E-state index in [0.29, 0.717) is 11.8 Å². The fraction of sp³-hybridized carbons (Fsp3) is 0.786. The topological polar surface area (TPSA) is 29.9 Å². The number of aromatic nitrogens is 2. The highest BCUT2D eigenvalue weighted by molar-refractivity contribution is 9.10. The molecule has 0 saturated heterocycles. The Balaban J connectivity index is 2.69. The Morgan fingerprint density at radius 3 is 2.44 bits per heavy atom. The molecule has 1 aromatic rings. The van der Waals surface area contributed by atoms with E-state index in [1.807, 2.05) is 11.7 Å². The van der Waals surface area contributed by atoms with Gasteiger partial charge in [-0.15, -0.1) is 0 Å². The van der Waals surface area contributed by atoms with Crippen LogP contribution in [0, 0.1) is 11.8 Å². The van der Waals surface area contributed by atoms with Gasteiger partial charge in [0.25, 0.3) is 0 Å². The van der Waals surface area contributed by atoms with E-state index in [2.05, 4.69) is 54.0 Å². The highest BCUT2D eigenvalue weighted by atomic mass is 79.9. The van der Waals surface area contributed by atoms with E-state index in [4.69, 9.17) is 0 Å². The van der Waals surface area contributed by atoms with Crippen molar-refractivity contribution in [2.75, 3.05) is 13.1 Å². The van der Waals surface area contributed by atoms with Crippen LogP contribution >= 0.6 is 15.9 Å². The zero-order chi connectivity index (χ0) is 13.7. The van der Waals surface area contributed by atoms with E-state index in [1.54, 1.807) is 0 Å². The van der Waals surface area contributed by atoms with Crippen LogP contribution in [0.3, 0.4) is 0 Å². The third-order valence-corrected chi connectivity index (χ3v) is 4.62. The molecule has 1 heterocycles. The SMILES string of the molecule is CCNCC(C)C(C)Cc1c(Br)c(CC)nn1C. The van der Waals surface area contributed by atoms with Gasteiger partial charge in [-0.25, -0.2) is 0 Å². The first kappa shape index (κ1) is 15.7. The third-order valence-electron chi connectivity index (χ3n) is 3.71. The second-order valence-electron chi connectivity index (χ2n) is 5.15. The lowest BCUT2D eigenvalue weighted by Crippen LogP contribution is -2.26. The smallest absolute Gasteiger partial charge is 0.0766 e. The predicted molar refractivity (Wildman–Crippen MR) is 80.9 cm³/mol. The molecule has 0 aliphatic heterocycles. The van der Waals surface area contributed by atoms with Crippen molar-refractivity contribution in [3.05, 3.63) is 15.9 Å². The quantitative estimate of drug-likeness (QED) is 0.837. The van der Waals surface area contributed by atoms with Gasteiger partial charge in [0, 0.05) is 7.05 Å². The normalized spacial score (nSPS) is 14.8. The average molecular weight is 316 g/mol. The van der Waals surface area contributed by atoms with Crippen molar-refractivity contribution in [2.45, 2.75) is 40.5 Å². The molecule has 104 valence electrons. The van der Waals surface area contributed by atoms with Gasteiger partial charge in [-0.3, -0.25) is 4.68 Å². The van der Waals surface area contributed by atoms with E-state index in [-0.39, 0.29) is 0 Å². The molecule has 18 heavy (non-hydrogen) atoms. The average Bonchev–Trinajstić information content (AvgIpc) is 2.63.